The third-order valence-electron chi connectivity index (χ3n) is 3.72. The molecule has 1 aliphatic heterocycles. The van der Waals surface area contributed by atoms with Crippen molar-refractivity contribution in [2.75, 3.05) is 13.2 Å². The predicted molar refractivity (Wildman–Crippen MR) is 44.2 cm³/mol. The first-order chi connectivity index (χ1) is 5.21. The van der Waals surface area contributed by atoms with Crippen molar-refractivity contribution < 1.29 is 4.74 Å². The number of rotatable bonds is 2. The van der Waals surface area contributed by atoms with E-state index < -0.39 is 0 Å². The van der Waals surface area contributed by atoms with Crippen LogP contribution in [0.3, 0.4) is 0 Å². The molecular formula is C9H17NO. The molecule has 1 saturated carbocycles. The topological polar surface area (TPSA) is 35.2 Å². The SMILES string of the molecule is CCC(C)C1(N)C2COCC21. The molecule has 0 radical (unpaired) electrons. The summed E-state index contributed by atoms with van der Waals surface area (Å²) in [6, 6.07) is 0. The number of ether oxygens (including phenoxy) is 1. The number of nitrogens with two attached hydrogens (primary N) is 1. The number of fused-ring (bicyclic) bond motifs is 1. The maximum atomic E-state index is 6.27. The van der Waals surface area contributed by atoms with Crippen molar-refractivity contribution in [1.29, 1.82) is 0 Å². The molecule has 0 spiro atoms. The number of hydrogen-bond donors (Lipinski definition) is 1. The minimum atomic E-state index is 0.146. The Morgan fingerprint density at radius 1 is 1.55 bits per heavy atom. The lowest BCUT2D eigenvalue weighted by Gasteiger charge is -2.22. The Labute approximate surface area is 68.1 Å². The second-order valence-corrected chi connectivity index (χ2v) is 4.06. The van der Waals surface area contributed by atoms with E-state index in [4.69, 9.17) is 10.5 Å². The molecule has 1 heterocycles. The van der Waals surface area contributed by atoms with Crippen LogP contribution in [0.1, 0.15) is 20.3 Å². The van der Waals surface area contributed by atoms with Crippen LogP contribution in [0.2, 0.25) is 0 Å². The van der Waals surface area contributed by atoms with Crippen molar-refractivity contribution in [2.24, 2.45) is 23.5 Å². The third-order valence-corrected chi connectivity index (χ3v) is 3.72. The maximum Gasteiger partial charge on any atom is 0.0516 e. The first-order valence-corrected chi connectivity index (χ1v) is 4.57. The summed E-state index contributed by atoms with van der Waals surface area (Å²) >= 11 is 0. The van der Waals surface area contributed by atoms with Crippen LogP contribution in [0.5, 0.6) is 0 Å². The Morgan fingerprint density at radius 3 is 2.55 bits per heavy atom. The van der Waals surface area contributed by atoms with E-state index in [1.807, 2.05) is 0 Å². The van der Waals surface area contributed by atoms with E-state index in [-0.39, 0.29) is 5.54 Å². The standard InChI is InChI=1S/C9H17NO/c1-3-6(2)9(10)7-4-11-5-8(7)9/h6-8H,3-5,10H2,1-2H3. The molecule has 0 aromatic rings. The van der Waals surface area contributed by atoms with Crippen molar-refractivity contribution in [3.05, 3.63) is 0 Å². The largest absolute Gasteiger partial charge is 0.381 e. The zero-order chi connectivity index (χ0) is 8.06. The van der Waals surface area contributed by atoms with Gasteiger partial charge in [-0.25, -0.2) is 0 Å². The molecular weight excluding hydrogens is 138 g/mol. The lowest BCUT2D eigenvalue weighted by Crippen LogP contribution is -2.37. The lowest BCUT2D eigenvalue weighted by molar-refractivity contribution is 0.130. The normalized spacial score (nSPS) is 50.5. The minimum Gasteiger partial charge on any atom is -0.381 e. The molecule has 2 N–H and O–H groups in total. The summed E-state index contributed by atoms with van der Waals surface area (Å²) in [5.74, 6) is 2.02. The highest BCUT2D eigenvalue weighted by atomic mass is 16.5. The highest BCUT2D eigenvalue weighted by molar-refractivity contribution is 5.19. The molecule has 2 rings (SSSR count). The van der Waals surface area contributed by atoms with Gasteiger partial charge in [-0.3, -0.25) is 0 Å². The summed E-state index contributed by atoms with van der Waals surface area (Å²) in [7, 11) is 0. The van der Waals surface area contributed by atoms with E-state index in [2.05, 4.69) is 13.8 Å². The summed E-state index contributed by atoms with van der Waals surface area (Å²) in [6.45, 7) is 6.30. The summed E-state index contributed by atoms with van der Waals surface area (Å²) in [4.78, 5) is 0. The molecule has 0 bridgehead atoms. The number of hydrogen-bond acceptors (Lipinski definition) is 2. The van der Waals surface area contributed by atoms with Crippen LogP contribution in [0.4, 0.5) is 0 Å². The summed E-state index contributed by atoms with van der Waals surface area (Å²) < 4.78 is 5.32. The Hall–Kier alpha value is -0.0800. The van der Waals surface area contributed by atoms with Crippen LogP contribution in [0, 0.1) is 17.8 Å². The van der Waals surface area contributed by atoms with Crippen LogP contribution in [-0.4, -0.2) is 18.8 Å². The van der Waals surface area contributed by atoms with Crippen molar-refractivity contribution in [3.8, 4) is 0 Å². The molecule has 0 aromatic carbocycles. The van der Waals surface area contributed by atoms with Gasteiger partial charge in [0.05, 0.1) is 13.2 Å². The molecule has 0 aromatic heterocycles. The maximum absolute atomic E-state index is 6.27. The molecule has 11 heavy (non-hydrogen) atoms. The summed E-state index contributed by atoms with van der Waals surface area (Å²) in [5.41, 5.74) is 6.42. The Bertz CT molecular complexity index is 153. The molecule has 3 unspecified atom stereocenters. The monoisotopic (exact) mass is 155 g/mol. The molecule has 2 aliphatic rings. The van der Waals surface area contributed by atoms with E-state index in [9.17, 15) is 0 Å². The van der Waals surface area contributed by atoms with E-state index in [0.29, 0.717) is 17.8 Å². The zero-order valence-corrected chi connectivity index (χ0v) is 7.34. The van der Waals surface area contributed by atoms with E-state index in [0.717, 1.165) is 13.2 Å². The molecule has 64 valence electrons. The highest BCUT2D eigenvalue weighted by Crippen LogP contribution is 2.57. The molecule has 0 amide bonds. The van der Waals surface area contributed by atoms with Gasteiger partial charge < -0.3 is 10.5 Å². The van der Waals surface area contributed by atoms with Gasteiger partial charge in [-0.1, -0.05) is 20.3 Å². The van der Waals surface area contributed by atoms with Gasteiger partial charge in [-0.05, 0) is 5.92 Å². The van der Waals surface area contributed by atoms with Gasteiger partial charge in [0.25, 0.3) is 0 Å². The average Bonchev–Trinajstić information content (AvgIpc) is 2.51. The molecule has 2 nitrogen and oxygen atoms in total. The fourth-order valence-electron chi connectivity index (χ4n) is 2.52. The smallest absolute Gasteiger partial charge is 0.0516 e. The van der Waals surface area contributed by atoms with Crippen molar-refractivity contribution in [1.82, 2.24) is 0 Å². The van der Waals surface area contributed by atoms with E-state index in [1.54, 1.807) is 0 Å². The van der Waals surface area contributed by atoms with Gasteiger partial charge in [0.15, 0.2) is 0 Å². The van der Waals surface area contributed by atoms with Gasteiger partial charge in [-0.2, -0.15) is 0 Å². The van der Waals surface area contributed by atoms with Gasteiger partial charge in [0.1, 0.15) is 0 Å². The Kier molecular flexibility index (Phi) is 1.52. The fourth-order valence-corrected chi connectivity index (χ4v) is 2.52. The van der Waals surface area contributed by atoms with E-state index >= 15 is 0 Å². The van der Waals surface area contributed by atoms with Crippen molar-refractivity contribution >= 4 is 0 Å². The molecule has 3 atom stereocenters. The van der Waals surface area contributed by atoms with Crippen molar-refractivity contribution in [2.45, 2.75) is 25.8 Å². The van der Waals surface area contributed by atoms with Gasteiger partial charge in [0, 0.05) is 17.4 Å². The predicted octanol–water partition coefficient (Wildman–Crippen LogP) is 1.01. The van der Waals surface area contributed by atoms with Gasteiger partial charge in [0.2, 0.25) is 0 Å². The van der Waals surface area contributed by atoms with Crippen LogP contribution in [0.15, 0.2) is 0 Å². The van der Waals surface area contributed by atoms with Crippen LogP contribution in [-0.2, 0) is 4.74 Å². The molecule has 2 heteroatoms. The van der Waals surface area contributed by atoms with Crippen LogP contribution >= 0.6 is 0 Å². The quantitative estimate of drug-likeness (QED) is 0.646. The lowest BCUT2D eigenvalue weighted by atomic mass is 9.94. The Morgan fingerprint density at radius 2 is 2.09 bits per heavy atom. The average molecular weight is 155 g/mol. The van der Waals surface area contributed by atoms with Gasteiger partial charge >= 0.3 is 0 Å². The summed E-state index contributed by atoms with van der Waals surface area (Å²) in [6.07, 6.45) is 1.20. The first-order valence-electron chi connectivity index (χ1n) is 4.57. The third kappa shape index (κ3) is 0.798. The first kappa shape index (κ1) is 7.56. The molecule has 2 fully saturated rings. The van der Waals surface area contributed by atoms with Gasteiger partial charge in [-0.15, -0.1) is 0 Å². The molecule has 1 aliphatic carbocycles. The Balaban J connectivity index is 2.04. The highest BCUT2D eigenvalue weighted by Gasteiger charge is 2.66. The minimum absolute atomic E-state index is 0.146. The van der Waals surface area contributed by atoms with Crippen LogP contribution in [0.25, 0.3) is 0 Å². The van der Waals surface area contributed by atoms with Crippen molar-refractivity contribution in [3.63, 3.8) is 0 Å². The van der Waals surface area contributed by atoms with E-state index in [1.165, 1.54) is 6.42 Å². The second kappa shape index (κ2) is 2.20. The zero-order valence-electron chi connectivity index (χ0n) is 7.34. The summed E-state index contributed by atoms with van der Waals surface area (Å²) in [5, 5.41) is 0. The molecule has 1 saturated heterocycles. The fraction of sp³-hybridized carbons (Fsp3) is 1.00. The second-order valence-electron chi connectivity index (χ2n) is 4.06. The van der Waals surface area contributed by atoms with Crippen LogP contribution < -0.4 is 5.73 Å².